The SMILES string of the molecule is COc1ccc2c(c1)C(F)CNC2. The van der Waals surface area contributed by atoms with Gasteiger partial charge in [-0.05, 0) is 23.3 Å². The molecule has 0 aromatic heterocycles. The van der Waals surface area contributed by atoms with E-state index < -0.39 is 6.17 Å². The average molecular weight is 181 g/mol. The Morgan fingerprint density at radius 3 is 3.15 bits per heavy atom. The van der Waals surface area contributed by atoms with Crippen molar-refractivity contribution in [1.82, 2.24) is 5.32 Å². The van der Waals surface area contributed by atoms with Gasteiger partial charge in [0, 0.05) is 13.1 Å². The van der Waals surface area contributed by atoms with Crippen molar-refractivity contribution in [1.29, 1.82) is 0 Å². The summed E-state index contributed by atoms with van der Waals surface area (Å²) in [6.07, 6.45) is -0.904. The van der Waals surface area contributed by atoms with E-state index >= 15 is 0 Å². The molecule has 0 aliphatic carbocycles. The van der Waals surface area contributed by atoms with Crippen LogP contribution in [0.4, 0.5) is 4.39 Å². The normalized spacial score (nSPS) is 20.9. The molecule has 0 bridgehead atoms. The summed E-state index contributed by atoms with van der Waals surface area (Å²) in [5.41, 5.74) is 1.79. The van der Waals surface area contributed by atoms with Gasteiger partial charge in [-0.15, -0.1) is 0 Å². The average Bonchev–Trinajstić information content (AvgIpc) is 2.18. The first kappa shape index (κ1) is 8.51. The maximum atomic E-state index is 13.4. The lowest BCUT2D eigenvalue weighted by molar-refractivity contribution is 0.308. The Kier molecular flexibility index (Phi) is 2.19. The molecule has 1 N–H and O–H groups in total. The summed E-state index contributed by atoms with van der Waals surface area (Å²) < 4.78 is 18.4. The number of hydrogen-bond donors (Lipinski definition) is 1. The van der Waals surface area contributed by atoms with Crippen molar-refractivity contribution in [3.63, 3.8) is 0 Å². The molecule has 0 saturated carbocycles. The topological polar surface area (TPSA) is 21.3 Å². The van der Waals surface area contributed by atoms with Crippen LogP contribution in [-0.2, 0) is 6.54 Å². The maximum absolute atomic E-state index is 13.4. The monoisotopic (exact) mass is 181 g/mol. The molecule has 3 heteroatoms. The number of alkyl halides is 1. The van der Waals surface area contributed by atoms with Crippen molar-refractivity contribution in [3.8, 4) is 5.75 Å². The molecule has 0 spiro atoms. The molecule has 1 aromatic carbocycles. The minimum Gasteiger partial charge on any atom is -0.497 e. The molecule has 13 heavy (non-hydrogen) atoms. The second kappa shape index (κ2) is 3.34. The van der Waals surface area contributed by atoms with Gasteiger partial charge < -0.3 is 10.1 Å². The number of ether oxygens (including phenoxy) is 1. The fourth-order valence-corrected chi connectivity index (χ4v) is 1.60. The first-order valence-electron chi connectivity index (χ1n) is 4.33. The zero-order valence-corrected chi connectivity index (χ0v) is 7.51. The van der Waals surface area contributed by atoms with Crippen molar-refractivity contribution in [2.24, 2.45) is 0 Å². The molecule has 70 valence electrons. The van der Waals surface area contributed by atoms with Crippen LogP contribution in [0.2, 0.25) is 0 Å². The van der Waals surface area contributed by atoms with Gasteiger partial charge in [-0.25, -0.2) is 4.39 Å². The number of nitrogens with one attached hydrogen (secondary N) is 1. The first-order valence-corrected chi connectivity index (χ1v) is 4.33. The molecular formula is C10H12FNO. The van der Waals surface area contributed by atoms with E-state index in [1.54, 1.807) is 13.2 Å². The van der Waals surface area contributed by atoms with Gasteiger partial charge in [0.2, 0.25) is 0 Å². The van der Waals surface area contributed by atoms with E-state index in [0.29, 0.717) is 6.54 Å². The summed E-state index contributed by atoms with van der Waals surface area (Å²) in [6, 6.07) is 5.55. The number of halogens is 1. The second-order valence-electron chi connectivity index (χ2n) is 3.16. The van der Waals surface area contributed by atoms with Gasteiger partial charge in [-0.1, -0.05) is 6.07 Å². The Morgan fingerprint density at radius 2 is 2.38 bits per heavy atom. The molecule has 1 heterocycles. The number of rotatable bonds is 1. The van der Waals surface area contributed by atoms with Crippen LogP contribution in [0.1, 0.15) is 17.3 Å². The summed E-state index contributed by atoms with van der Waals surface area (Å²) in [6.45, 7) is 1.15. The van der Waals surface area contributed by atoms with E-state index in [1.165, 1.54) is 0 Å². The van der Waals surface area contributed by atoms with Gasteiger partial charge in [0.05, 0.1) is 7.11 Å². The smallest absolute Gasteiger partial charge is 0.138 e. The van der Waals surface area contributed by atoms with Crippen LogP contribution in [0.15, 0.2) is 18.2 Å². The fourth-order valence-electron chi connectivity index (χ4n) is 1.60. The predicted octanol–water partition coefficient (Wildman–Crippen LogP) is 1.81. The second-order valence-corrected chi connectivity index (χ2v) is 3.16. The third-order valence-corrected chi connectivity index (χ3v) is 2.33. The van der Waals surface area contributed by atoms with Gasteiger partial charge in [0.15, 0.2) is 0 Å². The molecule has 1 aliphatic heterocycles. The molecule has 1 aliphatic rings. The van der Waals surface area contributed by atoms with Crippen LogP contribution >= 0.6 is 0 Å². The molecule has 0 saturated heterocycles. The van der Waals surface area contributed by atoms with E-state index in [-0.39, 0.29) is 0 Å². The number of methoxy groups -OCH3 is 1. The number of hydrogen-bond acceptors (Lipinski definition) is 2. The highest BCUT2D eigenvalue weighted by molar-refractivity contribution is 5.38. The van der Waals surface area contributed by atoms with Gasteiger partial charge in [-0.3, -0.25) is 0 Å². The Labute approximate surface area is 76.7 Å². The van der Waals surface area contributed by atoms with E-state index in [0.717, 1.165) is 23.4 Å². The lowest BCUT2D eigenvalue weighted by atomic mass is 9.99. The first-order chi connectivity index (χ1) is 6.31. The summed E-state index contributed by atoms with van der Waals surface area (Å²) in [5, 5.41) is 3.01. The lowest BCUT2D eigenvalue weighted by Gasteiger charge is -2.21. The predicted molar refractivity (Wildman–Crippen MR) is 48.5 cm³/mol. The third-order valence-electron chi connectivity index (χ3n) is 2.33. The van der Waals surface area contributed by atoms with Crippen LogP contribution in [0, 0.1) is 0 Å². The van der Waals surface area contributed by atoms with Crippen LogP contribution in [0.3, 0.4) is 0 Å². The summed E-state index contributed by atoms with van der Waals surface area (Å²) in [5.74, 6) is 0.725. The van der Waals surface area contributed by atoms with E-state index in [1.807, 2.05) is 12.1 Å². The molecule has 0 radical (unpaired) electrons. The van der Waals surface area contributed by atoms with Gasteiger partial charge >= 0.3 is 0 Å². The quantitative estimate of drug-likeness (QED) is 0.713. The molecular weight excluding hydrogens is 169 g/mol. The summed E-state index contributed by atoms with van der Waals surface area (Å²) in [7, 11) is 1.59. The minimum atomic E-state index is -0.904. The zero-order valence-electron chi connectivity index (χ0n) is 7.51. The van der Waals surface area contributed by atoms with Crippen molar-refractivity contribution < 1.29 is 9.13 Å². The highest BCUT2D eigenvalue weighted by atomic mass is 19.1. The standard InChI is InChI=1S/C10H12FNO/c1-13-8-3-2-7-5-12-6-10(11)9(7)4-8/h2-4,10,12H,5-6H2,1H3. The molecule has 2 rings (SSSR count). The Morgan fingerprint density at radius 1 is 1.54 bits per heavy atom. The van der Waals surface area contributed by atoms with Gasteiger partial charge in [0.1, 0.15) is 11.9 Å². The molecule has 1 atom stereocenters. The summed E-state index contributed by atoms with van der Waals surface area (Å²) >= 11 is 0. The summed E-state index contributed by atoms with van der Waals surface area (Å²) in [4.78, 5) is 0. The Balaban J connectivity index is 2.41. The van der Waals surface area contributed by atoms with E-state index in [9.17, 15) is 4.39 Å². The van der Waals surface area contributed by atoms with Gasteiger partial charge in [-0.2, -0.15) is 0 Å². The van der Waals surface area contributed by atoms with Crippen LogP contribution in [0.5, 0.6) is 5.75 Å². The highest BCUT2D eigenvalue weighted by Crippen LogP contribution is 2.28. The van der Waals surface area contributed by atoms with Crippen molar-refractivity contribution in [2.75, 3.05) is 13.7 Å². The highest BCUT2D eigenvalue weighted by Gasteiger charge is 2.19. The van der Waals surface area contributed by atoms with Crippen LogP contribution in [0.25, 0.3) is 0 Å². The number of benzene rings is 1. The minimum absolute atomic E-state index is 0.403. The van der Waals surface area contributed by atoms with Crippen molar-refractivity contribution in [3.05, 3.63) is 29.3 Å². The Hall–Kier alpha value is -1.09. The maximum Gasteiger partial charge on any atom is 0.138 e. The molecule has 1 unspecified atom stereocenters. The van der Waals surface area contributed by atoms with E-state index in [2.05, 4.69) is 5.32 Å². The molecule has 2 nitrogen and oxygen atoms in total. The molecule has 1 aromatic rings. The molecule has 0 amide bonds. The third kappa shape index (κ3) is 1.52. The number of fused-ring (bicyclic) bond motifs is 1. The zero-order chi connectivity index (χ0) is 9.26. The van der Waals surface area contributed by atoms with E-state index in [4.69, 9.17) is 4.74 Å². The van der Waals surface area contributed by atoms with Crippen LogP contribution < -0.4 is 10.1 Å². The molecule has 0 fully saturated rings. The lowest BCUT2D eigenvalue weighted by Crippen LogP contribution is -2.25. The fraction of sp³-hybridized carbons (Fsp3) is 0.400. The van der Waals surface area contributed by atoms with Crippen LogP contribution in [-0.4, -0.2) is 13.7 Å². The Bertz CT molecular complexity index is 314. The van der Waals surface area contributed by atoms with Crippen molar-refractivity contribution >= 4 is 0 Å². The van der Waals surface area contributed by atoms with Gasteiger partial charge in [0.25, 0.3) is 0 Å². The van der Waals surface area contributed by atoms with Crippen molar-refractivity contribution in [2.45, 2.75) is 12.7 Å². The largest absolute Gasteiger partial charge is 0.497 e.